The van der Waals surface area contributed by atoms with Crippen molar-refractivity contribution in [3.05, 3.63) is 57.8 Å². The molecule has 2 aromatic rings. The van der Waals surface area contributed by atoms with E-state index in [0.717, 1.165) is 24.4 Å². The van der Waals surface area contributed by atoms with Crippen LogP contribution < -0.4 is 0 Å². The SMILES string of the molecule is O=C(Cc1cccs1)N1CC[C@@](O)(CN2CCc3ccccc3C2)C1. The summed E-state index contributed by atoms with van der Waals surface area (Å²) < 4.78 is 0. The van der Waals surface area contributed by atoms with E-state index >= 15 is 0 Å². The molecular weight excluding hydrogens is 332 g/mol. The van der Waals surface area contributed by atoms with E-state index in [2.05, 4.69) is 29.2 Å². The Morgan fingerprint density at radius 1 is 1.16 bits per heavy atom. The van der Waals surface area contributed by atoms with Crippen molar-refractivity contribution in [3.63, 3.8) is 0 Å². The van der Waals surface area contributed by atoms with Gasteiger partial charge in [0.25, 0.3) is 0 Å². The summed E-state index contributed by atoms with van der Waals surface area (Å²) in [6, 6.07) is 12.5. The molecule has 1 atom stereocenters. The molecule has 3 heterocycles. The number of rotatable bonds is 4. The van der Waals surface area contributed by atoms with E-state index in [1.54, 1.807) is 11.3 Å². The number of carbonyl (C=O) groups is 1. The molecule has 0 bridgehead atoms. The Hall–Kier alpha value is -1.69. The van der Waals surface area contributed by atoms with Gasteiger partial charge in [-0.15, -0.1) is 11.3 Å². The van der Waals surface area contributed by atoms with Crippen molar-refractivity contribution >= 4 is 17.2 Å². The average molecular weight is 356 g/mol. The number of thiophene rings is 1. The maximum absolute atomic E-state index is 12.5. The lowest BCUT2D eigenvalue weighted by molar-refractivity contribution is -0.130. The van der Waals surface area contributed by atoms with Crippen LogP contribution in [0.5, 0.6) is 0 Å². The number of hydrogen-bond donors (Lipinski definition) is 1. The number of hydrogen-bond acceptors (Lipinski definition) is 4. The van der Waals surface area contributed by atoms with E-state index in [0.29, 0.717) is 32.5 Å². The Kier molecular flexibility index (Phi) is 4.63. The number of benzene rings is 1. The summed E-state index contributed by atoms with van der Waals surface area (Å²) in [5, 5.41) is 13.0. The molecule has 1 amide bonds. The van der Waals surface area contributed by atoms with Gasteiger partial charge in [-0.3, -0.25) is 9.69 Å². The molecule has 1 aromatic carbocycles. The van der Waals surface area contributed by atoms with Crippen LogP contribution in [0.1, 0.15) is 22.4 Å². The molecule has 2 aliphatic rings. The fraction of sp³-hybridized carbons (Fsp3) is 0.450. The minimum absolute atomic E-state index is 0.127. The Morgan fingerprint density at radius 3 is 2.80 bits per heavy atom. The monoisotopic (exact) mass is 356 g/mol. The highest BCUT2D eigenvalue weighted by Crippen LogP contribution is 2.26. The third-order valence-corrected chi connectivity index (χ3v) is 6.19. The molecule has 0 spiro atoms. The van der Waals surface area contributed by atoms with Gasteiger partial charge < -0.3 is 10.0 Å². The largest absolute Gasteiger partial charge is 0.387 e. The summed E-state index contributed by atoms with van der Waals surface area (Å²) in [4.78, 5) is 17.7. The van der Waals surface area contributed by atoms with Gasteiger partial charge in [0.2, 0.25) is 5.91 Å². The van der Waals surface area contributed by atoms with E-state index in [4.69, 9.17) is 0 Å². The Labute approximate surface area is 152 Å². The van der Waals surface area contributed by atoms with Crippen molar-refractivity contribution in [2.75, 3.05) is 26.2 Å². The number of β-amino-alcohol motifs (C(OH)–C–C–N with tert-alkyl or cyclic N) is 1. The zero-order valence-electron chi connectivity index (χ0n) is 14.4. The normalized spacial score (nSPS) is 23.6. The van der Waals surface area contributed by atoms with E-state index in [1.165, 1.54) is 11.1 Å². The van der Waals surface area contributed by atoms with Crippen molar-refractivity contribution in [1.29, 1.82) is 0 Å². The van der Waals surface area contributed by atoms with Crippen molar-refractivity contribution in [1.82, 2.24) is 9.80 Å². The number of fused-ring (bicyclic) bond motifs is 1. The topological polar surface area (TPSA) is 43.8 Å². The second kappa shape index (κ2) is 6.90. The maximum Gasteiger partial charge on any atom is 0.227 e. The predicted octanol–water partition coefficient (Wildman–Crippen LogP) is 2.31. The van der Waals surface area contributed by atoms with Gasteiger partial charge in [-0.1, -0.05) is 30.3 Å². The van der Waals surface area contributed by atoms with Crippen LogP contribution in [0.4, 0.5) is 0 Å². The maximum atomic E-state index is 12.5. The molecular formula is C20H24N2O2S. The third-order valence-electron chi connectivity index (χ3n) is 5.32. The Bertz CT molecular complexity index is 746. The molecule has 0 unspecified atom stereocenters. The van der Waals surface area contributed by atoms with Gasteiger partial charge >= 0.3 is 0 Å². The lowest BCUT2D eigenvalue weighted by Gasteiger charge is -2.34. The molecule has 1 fully saturated rings. The van der Waals surface area contributed by atoms with E-state index < -0.39 is 5.60 Å². The molecule has 132 valence electrons. The van der Waals surface area contributed by atoms with E-state index in [1.807, 2.05) is 22.4 Å². The second-order valence-electron chi connectivity index (χ2n) is 7.28. The molecule has 25 heavy (non-hydrogen) atoms. The molecule has 0 radical (unpaired) electrons. The van der Waals surface area contributed by atoms with Gasteiger partial charge in [0.1, 0.15) is 0 Å². The van der Waals surface area contributed by atoms with Crippen LogP contribution in [-0.4, -0.2) is 52.6 Å². The van der Waals surface area contributed by atoms with Crippen molar-refractivity contribution in [2.45, 2.75) is 31.4 Å². The Morgan fingerprint density at radius 2 is 2.00 bits per heavy atom. The summed E-state index contributed by atoms with van der Waals surface area (Å²) in [6.45, 7) is 3.62. The van der Waals surface area contributed by atoms with Crippen LogP contribution in [0.3, 0.4) is 0 Å². The molecule has 1 saturated heterocycles. The number of aliphatic hydroxyl groups is 1. The summed E-state index contributed by atoms with van der Waals surface area (Å²) in [5.41, 5.74) is 2.00. The zero-order valence-corrected chi connectivity index (χ0v) is 15.2. The zero-order chi connectivity index (χ0) is 17.3. The highest BCUT2D eigenvalue weighted by Gasteiger charge is 2.39. The molecule has 4 nitrogen and oxygen atoms in total. The molecule has 1 N–H and O–H groups in total. The van der Waals surface area contributed by atoms with Crippen LogP contribution in [0, 0.1) is 0 Å². The molecule has 0 aliphatic carbocycles. The highest BCUT2D eigenvalue weighted by molar-refractivity contribution is 7.10. The first kappa shape index (κ1) is 16.8. The number of amides is 1. The minimum Gasteiger partial charge on any atom is -0.387 e. The van der Waals surface area contributed by atoms with Crippen LogP contribution in [-0.2, 0) is 24.2 Å². The third kappa shape index (κ3) is 3.78. The first-order valence-electron chi connectivity index (χ1n) is 8.93. The molecule has 0 saturated carbocycles. The van der Waals surface area contributed by atoms with Crippen LogP contribution in [0.25, 0.3) is 0 Å². The second-order valence-corrected chi connectivity index (χ2v) is 8.31. The van der Waals surface area contributed by atoms with Gasteiger partial charge in [0, 0.05) is 31.1 Å². The number of nitrogens with zero attached hydrogens (tertiary/aromatic N) is 2. The van der Waals surface area contributed by atoms with Crippen molar-refractivity contribution < 1.29 is 9.90 Å². The van der Waals surface area contributed by atoms with Crippen molar-refractivity contribution in [3.8, 4) is 0 Å². The van der Waals surface area contributed by atoms with Crippen LogP contribution >= 0.6 is 11.3 Å². The minimum atomic E-state index is -0.780. The van der Waals surface area contributed by atoms with Crippen LogP contribution in [0.2, 0.25) is 0 Å². The summed E-state index contributed by atoms with van der Waals surface area (Å²) in [7, 11) is 0. The van der Waals surface area contributed by atoms with E-state index in [9.17, 15) is 9.90 Å². The van der Waals surface area contributed by atoms with Gasteiger partial charge in [-0.05, 0) is 35.4 Å². The molecule has 1 aromatic heterocycles. The summed E-state index contributed by atoms with van der Waals surface area (Å²) in [6.07, 6.45) is 2.15. The smallest absolute Gasteiger partial charge is 0.227 e. The fourth-order valence-corrected chi connectivity index (χ4v) is 4.67. The quantitative estimate of drug-likeness (QED) is 0.914. The first-order valence-corrected chi connectivity index (χ1v) is 9.81. The average Bonchev–Trinajstić information content (AvgIpc) is 3.24. The lowest BCUT2D eigenvalue weighted by atomic mass is 9.97. The first-order chi connectivity index (χ1) is 12.1. The standard InChI is InChI=1S/C20H24N2O2S/c23-19(12-18-6-3-11-25-18)22-10-8-20(24,15-22)14-21-9-7-16-4-1-2-5-17(16)13-21/h1-6,11,24H,7-10,12-15H2/t20-/m1/s1. The van der Waals surface area contributed by atoms with E-state index in [-0.39, 0.29) is 5.91 Å². The summed E-state index contributed by atoms with van der Waals surface area (Å²) >= 11 is 1.61. The lowest BCUT2D eigenvalue weighted by Crippen LogP contribution is -2.47. The Balaban J connectivity index is 1.35. The van der Waals surface area contributed by atoms with Crippen molar-refractivity contribution in [2.24, 2.45) is 0 Å². The molecule has 4 rings (SSSR count). The van der Waals surface area contributed by atoms with Gasteiger partial charge in [-0.25, -0.2) is 0 Å². The molecule has 2 aliphatic heterocycles. The molecule has 5 heteroatoms. The summed E-state index contributed by atoms with van der Waals surface area (Å²) in [5.74, 6) is 0.127. The highest BCUT2D eigenvalue weighted by atomic mass is 32.1. The fourth-order valence-electron chi connectivity index (χ4n) is 3.98. The predicted molar refractivity (Wildman–Crippen MR) is 99.6 cm³/mol. The van der Waals surface area contributed by atoms with Gasteiger partial charge in [0.15, 0.2) is 0 Å². The number of likely N-dealkylation sites (tertiary alicyclic amines) is 1. The van der Waals surface area contributed by atoms with Crippen LogP contribution in [0.15, 0.2) is 41.8 Å². The van der Waals surface area contributed by atoms with Gasteiger partial charge in [0.05, 0.1) is 18.6 Å². The number of carbonyl (C=O) groups excluding carboxylic acids is 1. The van der Waals surface area contributed by atoms with Gasteiger partial charge in [-0.2, -0.15) is 0 Å².